The molecule has 0 aliphatic heterocycles. The first kappa shape index (κ1) is 11.9. The molecule has 0 N–H and O–H groups in total. The molecule has 2 aromatic rings. The molecule has 0 saturated heterocycles. The molecule has 0 unspecified atom stereocenters. The van der Waals surface area contributed by atoms with E-state index in [-0.39, 0.29) is 0 Å². The van der Waals surface area contributed by atoms with Crippen molar-refractivity contribution in [2.75, 3.05) is 11.9 Å². The maximum atomic E-state index is 5.42. The van der Waals surface area contributed by atoms with Crippen LogP contribution >= 0.6 is 0 Å². The summed E-state index contributed by atoms with van der Waals surface area (Å²) in [4.78, 5) is 10.5. The zero-order valence-electron chi connectivity index (χ0n) is 10.2. The maximum Gasteiger partial charge on any atom is 0.230 e. The van der Waals surface area contributed by atoms with Gasteiger partial charge in [0.2, 0.25) is 5.95 Å². The van der Waals surface area contributed by atoms with Crippen LogP contribution in [0.4, 0.5) is 5.95 Å². The lowest BCUT2D eigenvalue weighted by atomic mass is 10.1. The summed E-state index contributed by atoms with van der Waals surface area (Å²) in [5, 5.41) is 0. The van der Waals surface area contributed by atoms with Crippen LogP contribution in [-0.4, -0.2) is 17.0 Å². The molecule has 0 saturated carbocycles. The Morgan fingerprint density at radius 2 is 2.00 bits per heavy atom. The Kier molecular flexibility index (Phi) is 3.40. The summed E-state index contributed by atoms with van der Waals surface area (Å²) >= 11 is 0. The average molecular weight is 235 g/mol. The predicted molar refractivity (Wildman–Crippen MR) is 74.0 cm³/mol. The highest BCUT2D eigenvalue weighted by Gasteiger charge is 2.07. The first-order valence-corrected chi connectivity index (χ1v) is 5.51. The Labute approximate surface area is 107 Å². The van der Waals surface area contributed by atoms with Gasteiger partial charge >= 0.3 is 0 Å². The standard InChI is InChI=1S/C15H13N3/c1-4-13-11-14(12-9-7-6-8-10-12)17-15(16-13)18(3)5-2/h1,5-11H,2H2,3H3. The Bertz CT molecular complexity index is 597. The van der Waals surface area contributed by atoms with Crippen LogP contribution in [0, 0.1) is 12.3 Å². The molecule has 0 spiro atoms. The molecular weight excluding hydrogens is 222 g/mol. The minimum absolute atomic E-state index is 0.541. The highest BCUT2D eigenvalue weighted by molar-refractivity contribution is 5.62. The van der Waals surface area contributed by atoms with Gasteiger partial charge in [0, 0.05) is 12.6 Å². The second kappa shape index (κ2) is 5.15. The summed E-state index contributed by atoms with van der Waals surface area (Å²) in [6.45, 7) is 3.69. The molecule has 18 heavy (non-hydrogen) atoms. The summed E-state index contributed by atoms with van der Waals surface area (Å²) in [6.07, 6.45) is 7.07. The van der Waals surface area contributed by atoms with Gasteiger partial charge in [-0.3, -0.25) is 0 Å². The molecule has 0 amide bonds. The third kappa shape index (κ3) is 2.38. The number of anilines is 1. The van der Waals surface area contributed by atoms with Gasteiger partial charge in [-0.15, -0.1) is 6.42 Å². The molecule has 1 heterocycles. The number of aromatic nitrogens is 2. The second-order valence-corrected chi connectivity index (χ2v) is 3.74. The molecule has 1 aromatic carbocycles. The topological polar surface area (TPSA) is 29.0 Å². The van der Waals surface area contributed by atoms with Crippen molar-refractivity contribution in [3.05, 3.63) is 54.9 Å². The van der Waals surface area contributed by atoms with E-state index in [0.717, 1.165) is 11.3 Å². The third-order valence-electron chi connectivity index (χ3n) is 2.52. The number of nitrogens with zero attached hydrogens (tertiary/aromatic N) is 3. The molecule has 1 aromatic heterocycles. The van der Waals surface area contributed by atoms with Crippen LogP contribution < -0.4 is 4.90 Å². The van der Waals surface area contributed by atoms with E-state index in [0.29, 0.717) is 11.6 Å². The Morgan fingerprint density at radius 1 is 1.28 bits per heavy atom. The fraction of sp³-hybridized carbons (Fsp3) is 0.0667. The van der Waals surface area contributed by atoms with Gasteiger partial charge in [-0.1, -0.05) is 42.8 Å². The van der Waals surface area contributed by atoms with Gasteiger partial charge in [0.25, 0.3) is 0 Å². The first-order valence-electron chi connectivity index (χ1n) is 5.51. The lowest BCUT2D eigenvalue weighted by Crippen LogP contribution is -2.12. The Balaban J connectivity index is 2.55. The average Bonchev–Trinajstić information content (AvgIpc) is 2.46. The Morgan fingerprint density at radius 3 is 2.61 bits per heavy atom. The van der Waals surface area contributed by atoms with Gasteiger partial charge in [0.05, 0.1) is 5.69 Å². The van der Waals surface area contributed by atoms with Crippen molar-refractivity contribution >= 4 is 5.95 Å². The van der Waals surface area contributed by atoms with E-state index >= 15 is 0 Å². The zero-order valence-corrected chi connectivity index (χ0v) is 10.2. The highest BCUT2D eigenvalue weighted by Crippen LogP contribution is 2.19. The Hall–Kier alpha value is -2.60. The third-order valence-corrected chi connectivity index (χ3v) is 2.52. The molecule has 0 bridgehead atoms. The van der Waals surface area contributed by atoms with Crippen LogP contribution in [0.3, 0.4) is 0 Å². The van der Waals surface area contributed by atoms with E-state index in [4.69, 9.17) is 6.42 Å². The fourth-order valence-corrected chi connectivity index (χ4v) is 1.50. The van der Waals surface area contributed by atoms with Crippen LogP contribution in [0.5, 0.6) is 0 Å². The van der Waals surface area contributed by atoms with Gasteiger partial charge in [-0.2, -0.15) is 0 Å². The SMILES string of the molecule is C#Cc1cc(-c2ccccc2)nc(N(C)C=C)n1. The van der Waals surface area contributed by atoms with Crippen LogP contribution in [0.15, 0.2) is 49.2 Å². The highest BCUT2D eigenvalue weighted by atomic mass is 15.2. The lowest BCUT2D eigenvalue weighted by molar-refractivity contribution is 1.03. The van der Waals surface area contributed by atoms with E-state index in [9.17, 15) is 0 Å². The van der Waals surface area contributed by atoms with Gasteiger partial charge < -0.3 is 4.90 Å². The van der Waals surface area contributed by atoms with E-state index in [2.05, 4.69) is 22.5 Å². The maximum absolute atomic E-state index is 5.42. The summed E-state index contributed by atoms with van der Waals surface area (Å²) in [6, 6.07) is 11.7. The van der Waals surface area contributed by atoms with Gasteiger partial charge in [0.1, 0.15) is 5.69 Å². The second-order valence-electron chi connectivity index (χ2n) is 3.74. The van der Waals surface area contributed by atoms with Crippen molar-refractivity contribution in [3.8, 4) is 23.6 Å². The monoisotopic (exact) mass is 235 g/mol. The van der Waals surface area contributed by atoms with Crippen LogP contribution in [0.2, 0.25) is 0 Å². The predicted octanol–water partition coefficient (Wildman–Crippen LogP) is 2.70. The van der Waals surface area contributed by atoms with E-state index in [1.165, 1.54) is 0 Å². The molecular formula is C15H13N3. The van der Waals surface area contributed by atoms with Crippen molar-refractivity contribution in [2.45, 2.75) is 0 Å². The molecule has 0 atom stereocenters. The van der Waals surface area contributed by atoms with Crippen LogP contribution in [0.1, 0.15) is 5.69 Å². The zero-order chi connectivity index (χ0) is 13.0. The number of hydrogen-bond donors (Lipinski definition) is 0. The van der Waals surface area contributed by atoms with Gasteiger partial charge in [0.15, 0.2) is 0 Å². The minimum atomic E-state index is 0.541. The minimum Gasteiger partial charge on any atom is -0.321 e. The molecule has 0 aliphatic rings. The number of rotatable bonds is 3. The fourth-order valence-electron chi connectivity index (χ4n) is 1.50. The molecule has 2 rings (SSSR count). The quantitative estimate of drug-likeness (QED) is 0.766. The summed E-state index contributed by atoms with van der Waals surface area (Å²) < 4.78 is 0. The van der Waals surface area contributed by atoms with Crippen LogP contribution in [-0.2, 0) is 0 Å². The molecule has 3 heteroatoms. The lowest BCUT2D eigenvalue weighted by Gasteiger charge is -2.12. The van der Waals surface area contributed by atoms with Crippen molar-refractivity contribution < 1.29 is 0 Å². The first-order chi connectivity index (χ1) is 8.74. The van der Waals surface area contributed by atoms with Crippen molar-refractivity contribution in [1.29, 1.82) is 0 Å². The van der Waals surface area contributed by atoms with Crippen LogP contribution in [0.25, 0.3) is 11.3 Å². The summed E-state index contributed by atoms with van der Waals surface area (Å²) in [5.41, 5.74) is 2.38. The molecule has 3 nitrogen and oxygen atoms in total. The molecule has 0 radical (unpaired) electrons. The largest absolute Gasteiger partial charge is 0.321 e. The van der Waals surface area contributed by atoms with Gasteiger partial charge in [-0.05, 0) is 12.3 Å². The van der Waals surface area contributed by atoms with E-state index in [1.54, 1.807) is 17.2 Å². The summed E-state index contributed by atoms with van der Waals surface area (Å²) in [5.74, 6) is 3.09. The molecule has 0 fully saturated rings. The van der Waals surface area contributed by atoms with Crippen molar-refractivity contribution in [3.63, 3.8) is 0 Å². The smallest absolute Gasteiger partial charge is 0.230 e. The molecule has 0 aliphatic carbocycles. The number of terminal acetylenes is 1. The van der Waals surface area contributed by atoms with Gasteiger partial charge in [-0.25, -0.2) is 9.97 Å². The number of benzene rings is 1. The molecule has 88 valence electrons. The summed E-state index contributed by atoms with van der Waals surface area (Å²) in [7, 11) is 1.83. The van der Waals surface area contributed by atoms with Crippen molar-refractivity contribution in [1.82, 2.24) is 9.97 Å². The van der Waals surface area contributed by atoms with E-state index in [1.807, 2.05) is 37.4 Å². The number of hydrogen-bond acceptors (Lipinski definition) is 3. The van der Waals surface area contributed by atoms with Crippen molar-refractivity contribution in [2.24, 2.45) is 0 Å². The normalized spacial score (nSPS) is 9.56. The van der Waals surface area contributed by atoms with E-state index < -0.39 is 0 Å².